The van der Waals surface area contributed by atoms with Gasteiger partial charge in [-0.15, -0.1) is 10.2 Å². The van der Waals surface area contributed by atoms with Crippen LogP contribution in [0.15, 0.2) is 39.5 Å². The normalized spacial score (nSPS) is 10.9. The fraction of sp³-hybridized carbons (Fsp3) is 0.0909. The van der Waals surface area contributed by atoms with Crippen molar-refractivity contribution in [1.82, 2.24) is 30.0 Å². The maximum absolute atomic E-state index is 4.34. The van der Waals surface area contributed by atoms with E-state index in [0.29, 0.717) is 5.82 Å². The number of nitrogens with zero attached hydrogens (tertiary/aromatic N) is 6. The van der Waals surface area contributed by atoms with Crippen LogP contribution in [0.1, 0.15) is 0 Å². The number of benzene rings is 1. The molecular formula is C11H8Br2N6. The Morgan fingerprint density at radius 2 is 2.05 bits per heavy atom. The van der Waals surface area contributed by atoms with Gasteiger partial charge in [0.1, 0.15) is 4.60 Å². The first-order chi connectivity index (χ1) is 9.15. The molecule has 2 aromatic heterocycles. The Morgan fingerprint density at radius 1 is 1.21 bits per heavy atom. The Balaban J connectivity index is 2.08. The molecule has 6 nitrogen and oxygen atoms in total. The Hall–Kier alpha value is -1.54. The van der Waals surface area contributed by atoms with E-state index < -0.39 is 0 Å². The number of rotatable bonds is 2. The highest BCUT2D eigenvalue weighted by atomic mass is 79.9. The van der Waals surface area contributed by atoms with E-state index in [4.69, 9.17) is 0 Å². The molecule has 0 spiro atoms. The largest absolute Gasteiger partial charge is 0.226 e. The summed E-state index contributed by atoms with van der Waals surface area (Å²) in [6.45, 7) is 0. The third-order valence-electron chi connectivity index (χ3n) is 2.51. The molecule has 1 aromatic carbocycles. The van der Waals surface area contributed by atoms with Crippen LogP contribution >= 0.6 is 31.9 Å². The lowest BCUT2D eigenvalue weighted by molar-refractivity contribution is 0.630. The first-order valence-corrected chi connectivity index (χ1v) is 6.97. The van der Waals surface area contributed by atoms with Crippen LogP contribution in [0.4, 0.5) is 0 Å². The zero-order valence-electron chi connectivity index (χ0n) is 9.83. The quantitative estimate of drug-likeness (QED) is 0.682. The van der Waals surface area contributed by atoms with Crippen molar-refractivity contribution >= 4 is 31.9 Å². The van der Waals surface area contributed by atoms with Gasteiger partial charge >= 0.3 is 0 Å². The maximum Gasteiger partial charge on any atom is 0.209 e. The van der Waals surface area contributed by atoms with Crippen LogP contribution < -0.4 is 0 Å². The van der Waals surface area contributed by atoms with E-state index >= 15 is 0 Å². The number of hydrogen-bond acceptors (Lipinski definition) is 4. The molecule has 0 aliphatic heterocycles. The average molecular weight is 384 g/mol. The van der Waals surface area contributed by atoms with Gasteiger partial charge in [0.2, 0.25) is 5.82 Å². The molecule has 0 aliphatic carbocycles. The second-order valence-electron chi connectivity index (χ2n) is 3.84. The molecule has 0 bridgehead atoms. The Bertz CT molecular complexity index is 732. The summed E-state index contributed by atoms with van der Waals surface area (Å²) in [5, 5.41) is 16.3. The molecule has 0 atom stereocenters. The van der Waals surface area contributed by atoms with Crippen LogP contribution in [0.2, 0.25) is 0 Å². The molecule has 0 amide bonds. The van der Waals surface area contributed by atoms with Crippen LogP contribution in [-0.2, 0) is 7.05 Å². The van der Waals surface area contributed by atoms with E-state index in [1.807, 2.05) is 24.3 Å². The summed E-state index contributed by atoms with van der Waals surface area (Å²) in [6, 6.07) is 7.86. The Labute approximate surface area is 125 Å². The summed E-state index contributed by atoms with van der Waals surface area (Å²) in [5.74, 6) is 0.538. The SMILES string of the molecule is Cn1nnc(-c2cnn(-c3cccc(Br)c3)c2Br)n1. The van der Waals surface area contributed by atoms with Crippen molar-refractivity contribution in [2.24, 2.45) is 7.05 Å². The molecule has 0 radical (unpaired) electrons. The number of hydrogen-bond donors (Lipinski definition) is 0. The number of halogens is 2. The predicted molar refractivity (Wildman–Crippen MR) is 76.8 cm³/mol. The maximum atomic E-state index is 4.34. The molecule has 8 heteroatoms. The number of tetrazole rings is 1. The van der Waals surface area contributed by atoms with E-state index in [-0.39, 0.29) is 0 Å². The number of aromatic nitrogens is 6. The predicted octanol–water partition coefficient (Wildman–Crippen LogP) is 2.59. The molecule has 0 aliphatic rings. The fourth-order valence-corrected chi connectivity index (χ4v) is 2.63. The Morgan fingerprint density at radius 3 is 2.74 bits per heavy atom. The van der Waals surface area contributed by atoms with Crippen molar-refractivity contribution in [3.63, 3.8) is 0 Å². The van der Waals surface area contributed by atoms with Gasteiger partial charge in [0.15, 0.2) is 0 Å². The van der Waals surface area contributed by atoms with E-state index in [1.165, 1.54) is 4.80 Å². The Kier molecular flexibility index (Phi) is 3.19. The van der Waals surface area contributed by atoms with Gasteiger partial charge in [-0.05, 0) is 39.3 Å². The van der Waals surface area contributed by atoms with Gasteiger partial charge in [-0.1, -0.05) is 22.0 Å². The van der Waals surface area contributed by atoms with Crippen molar-refractivity contribution in [3.05, 3.63) is 39.5 Å². The van der Waals surface area contributed by atoms with Gasteiger partial charge in [-0.3, -0.25) is 0 Å². The second-order valence-corrected chi connectivity index (χ2v) is 5.51. The molecule has 96 valence electrons. The summed E-state index contributed by atoms with van der Waals surface area (Å²) in [5.41, 5.74) is 1.74. The molecule has 2 heterocycles. The third-order valence-corrected chi connectivity index (χ3v) is 3.77. The smallest absolute Gasteiger partial charge is 0.209 e. The molecule has 3 aromatic rings. The molecule has 0 unspecified atom stereocenters. The topological polar surface area (TPSA) is 61.4 Å². The summed E-state index contributed by atoms with van der Waals surface area (Å²) < 4.78 is 3.56. The zero-order valence-corrected chi connectivity index (χ0v) is 13.0. The minimum Gasteiger partial charge on any atom is -0.226 e. The molecule has 3 rings (SSSR count). The summed E-state index contributed by atoms with van der Waals surface area (Å²) in [7, 11) is 1.73. The molecule has 0 saturated heterocycles. The third kappa shape index (κ3) is 2.33. The van der Waals surface area contributed by atoms with E-state index in [0.717, 1.165) is 20.3 Å². The van der Waals surface area contributed by atoms with Crippen molar-refractivity contribution in [3.8, 4) is 17.1 Å². The zero-order chi connectivity index (χ0) is 13.4. The number of aryl methyl sites for hydroxylation is 1. The van der Waals surface area contributed by atoms with Gasteiger partial charge in [0.25, 0.3) is 0 Å². The van der Waals surface area contributed by atoms with Crippen molar-refractivity contribution in [2.45, 2.75) is 0 Å². The lowest BCUT2D eigenvalue weighted by atomic mass is 10.3. The van der Waals surface area contributed by atoms with Crippen molar-refractivity contribution < 1.29 is 0 Å². The van der Waals surface area contributed by atoms with Crippen LogP contribution in [0.25, 0.3) is 17.1 Å². The van der Waals surface area contributed by atoms with Gasteiger partial charge in [-0.2, -0.15) is 9.90 Å². The minimum atomic E-state index is 0.538. The van der Waals surface area contributed by atoms with Gasteiger partial charge in [-0.25, -0.2) is 4.68 Å². The lowest BCUT2D eigenvalue weighted by Crippen LogP contribution is -1.96. The van der Waals surface area contributed by atoms with Gasteiger partial charge in [0, 0.05) is 4.47 Å². The average Bonchev–Trinajstić information content (AvgIpc) is 2.95. The van der Waals surface area contributed by atoms with Crippen molar-refractivity contribution in [2.75, 3.05) is 0 Å². The van der Waals surface area contributed by atoms with Crippen molar-refractivity contribution in [1.29, 1.82) is 0 Å². The van der Waals surface area contributed by atoms with Gasteiger partial charge < -0.3 is 0 Å². The van der Waals surface area contributed by atoms with Crippen LogP contribution in [0.3, 0.4) is 0 Å². The van der Waals surface area contributed by atoms with E-state index in [1.54, 1.807) is 17.9 Å². The first-order valence-electron chi connectivity index (χ1n) is 5.39. The van der Waals surface area contributed by atoms with Crippen LogP contribution in [0, 0.1) is 0 Å². The van der Waals surface area contributed by atoms with Crippen LogP contribution in [-0.4, -0.2) is 30.0 Å². The summed E-state index contributed by atoms with van der Waals surface area (Å²) in [4.78, 5) is 1.41. The summed E-state index contributed by atoms with van der Waals surface area (Å²) >= 11 is 6.97. The molecular weight excluding hydrogens is 376 g/mol. The minimum absolute atomic E-state index is 0.538. The molecule has 0 saturated carbocycles. The highest BCUT2D eigenvalue weighted by molar-refractivity contribution is 9.10. The van der Waals surface area contributed by atoms with Gasteiger partial charge in [0.05, 0.1) is 24.5 Å². The highest BCUT2D eigenvalue weighted by Gasteiger charge is 2.15. The first kappa shape index (κ1) is 12.5. The second kappa shape index (κ2) is 4.86. The standard InChI is InChI=1S/C11H8Br2N6/c1-18-16-11(15-17-18)9-6-14-19(10(9)13)8-4-2-3-7(12)5-8/h2-6H,1H3. The summed E-state index contributed by atoms with van der Waals surface area (Å²) in [6.07, 6.45) is 1.71. The van der Waals surface area contributed by atoms with Crippen LogP contribution in [0.5, 0.6) is 0 Å². The molecule has 0 fully saturated rings. The van der Waals surface area contributed by atoms with E-state index in [9.17, 15) is 0 Å². The molecule has 19 heavy (non-hydrogen) atoms. The fourth-order valence-electron chi connectivity index (χ4n) is 1.66. The highest BCUT2D eigenvalue weighted by Crippen LogP contribution is 2.28. The molecule has 0 N–H and O–H groups in total. The van der Waals surface area contributed by atoms with E-state index in [2.05, 4.69) is 52.4 Å². The lowest BCUT2D eigenvalue weighted by Gasteiger charge is -2.03. The monoisotopic (exact) mass is 382 g/mol.